The zero-order chi connectivity index (χ0) is 15.3. The lowest BCUT2D eigenvalue weighted by Crippen LogP contribution is -2.56. The summed E-state index contributed by atoms with van der Waals surface area (Å²) in [5.41, 5.74) is 5.50. The Morgan fingerprint density at radius 2 is 1.80 bits per heavy atom. The van der Waals surface area contributed by atoms with Crippen molar-refractivity contribution in [2.45, 2.75) is 38.2 Å². The summed E-state index contributed by atoms with van der Waals surface area (Å²) in [6, 6.07) is 0.243. The lowest BCUT2D eigenvalue weighted by atomic mass is 10.1. The summed E-state index contributed by atoms with van der Waals surface area (Å²) >= 11 is 0. The fraction of sp³-hybridized carbons (Fsp3) is 0.917. The monoisotopic (exact) mass is 299 g/mol. The molecule has 1 atom stereocenters. The van der Waals surface area contributed by atoms with Gasteiger partial charge in [-0.1, -0.05) is 6.92 Å². The van der Waals surface area contributed by atoms with Gasteiger partial charge in [-0.05, 0) is 19.4 Å². The highest BCUT2D eigenvalue weighted by Crippen LogP contribution is 2.26. The molecule has 1 saturated heterocycles. The number of alkyl halides is 4. The molecule has 0 aromatic heterocycles. The SMILES string of the molecule is CCC(CCN)N1CCN(C(=O)C(F)(F)C(F)F)CC1. The minimum atomic E-state index is -4.59. The van der Waals surface area contributed by atoms with Crippen LogP contribution in [0.5, 0.6) is 0 Å². The molecule has 1 fully saturated rings. The van der Waals surface area contributed by atoms with Gasteiger partial charge in [0.25, 0.3) is 5.91 Å². The maximum absolute atomic E-state index is 13.0. The lowest BCUT2D eigenvalue weighted by molar-refractivity contribution is -0.182. The van der Waals surface area contributed by atoms with Crippen LogP contribution in [0, 0.1) is 0 Å². The highest BCUT2D eigenvalue weighted by Gasteiger charge is 2.51. The molecule has 0 aromatic rings. The van der Waals surface area contributed by atoms with Gasteiger partial charge in [0.1, 0.15) is 0 Å². The Balaban J connectivity index is 2.56. The van der Waals surface area contributed by atoms with Gasteiger partial charge in [0.2, 0.25) is 0 Å². The molecule has 0 bridgehead atoms. The van der Waals surface area contributed by atoms with Gasteiger partial charge in [-0.25, -0.2) is 8.78 Å². The van der Waals surface area contributed by atoms with E-state index in [2.05, 4.69) is 4.90 Å². The van der Waals surface area contributed by atoms with Gasteiger partial charge < -0.3 is 10.6 Å². The molecule has 1 unspecified atom stereocenters. The van der Waals surface area contributed by atoms with Crippen molar-refractivity contribution in [3.63, 3.8) is 0 Å². The largest absolute Gasteiger partial charge is 0.383 e. The number of nitrogens with two attached hydrogens (primary N) is 1. The summed E-state index contributed by atoms with van der Waals surface area (Å²) in [7, 11) is 0. The van der Waals surface area contributed by atoms with Crippen LogP contribution in [0.1, 0.15) is 19.8 Å². The normalized spacial score (nSPS) is 19.4. The average molecular weight is 299 g/mol. The Morgan fingerprint density at radius 1 is 1.25 bits per heavy atom. The van der Waals surface area contributed by atoms with Crippen molar-refractivity contribution in [1.82, 2.24) is 9.80 Å². The molecule has 8 heteroatoms. The van der Waals surface area contributed by atoms with Gasteiger partial charge in [0.05, 0.1) is 0 Å². The Bertz CT molecular complexity index is 320. The summed E-state index contributed by atoms with van der Waals surface area (Å²) < 4.78 is 50.3. The van der Waals surface area contributed by atoms with Crippen LogP contribution < -0.4 is 5.73 Å². The molecule has 4 nitrogen and oxygen atoms in total. The molecule has 0 radical (unpaired) electrons. The molecule has 1 rings (SSSR count). The van der Waals surface area contributed by atoms with Crippen LogP contribution in [-0.2, 0) is 4.79 Å². The topological polar surface area (TPSA) is 49.6 Å². The van der Waals surface area contributed by atoms with Crippen molar-refractivity contribution in [2.75, 3.05) is 32.7 Å². The molecule has 1 amide bonds. The van der Waals surface area contributed by atoms with Crippen molar-refractivity contribution >= 4 is 5.91 Å². The highest BCUT2D eigenvalue weighted by atomic mass is 19.3. The minimum Gasteiger partial charge on any atom is -0.335 e. The van der Waals surface area contributed by atoms with Gasteiger partial charge in [0.15, 0.2) is 0 Å². The van der Waals surface area contributed by atoms with Crippen LogP contribution in [0.3, 0.4) is 0 Å². The predicted octanol–water partition coefficient (Wildman–Crippen LogP) is 1.16. The second-order valence-electron chi connectivity index (χ2n) is 4.89. The van der Waals surface area contributed by atoms with E-state index in [1.165, 1.54) is 0 Å². The standard InChI is InChI=1S/C12H21F4N3O/c1-2-9(3-4-17)18-5-7-19(8-6-18)11(20)12(15,16)10(13)14/h9-10H,2-8,17H2,1H3. The van der Waals surface area contributed by atoms with Crippen LogP contribution in [0.15, 0.2) is 0 Å². The van der Waals surface area contributed by atoms with E-state index in [1.54, 1.807) is 0 Å². The van der Waals surface area contributed by atoms with E-state index in [1.807, 2.05) is 6.92 Å². The molecular weight excluding hydrogens is 278 g/mol. The Hall–Kier alpha value is -0.890. The number of nitrogens with zero attached hydrogens (tertiary/aromatic N) is 2. The lowest BCUT2D eigenvalue weighted by Gasteiger charge is -2.39. The van der Waals surface area contributed by atoms with Crippen LogP contribution in [-0.4, -0.2) is 66.8 Å². The molecular formula is C12H21F4N3O. The highest BCUT2D eigenvalue weighted by molar-refractivity contribution is 5.84. The number of rotatable bonds is 6. The van der Waals surface area contributed by atoms with E-state index in [0.717, 1.165) is 17.7 Å². The number of piperazine rings is 1. The maximum Gasteiger partial charge on any atom is 0.383 e. The van der Waals surface area contributed by atoms with Crippen LogP contribution in [0.25, 0.3) is 0 Å². The third-order valence-electron chi connectivity index (χ3n) is 3.65. The molecule has 118 valence electrons. The van der Waals surface area contributed by atoms with Crippen molar-refractivity contribution in [2.24, 2.45) is 5.73 Å². The van der Waals surface area contributed by atoms with E-state index in [4.69, 9.17) is 5.73 Å². The Labute approximate surface area is 115 Å². The minimum absolute atomic E-state index is 0.0439. The molecule has 1 aliphatic rings. The molecule has 2 N–H and O–H groups in total. The van der Waals surface area contributed by atoms with Crippen LogP contribution in [0.2, 0.25) is 0 Å². The molecule has 0 aromatic carbocycles. The summed E-state index contributed by atoms with van der Waals surface area (Å²) in [6.45, 7) is 3.43. The smallest absolute Gasteiger partial charge is 0.335 e. The first kappa shape index (κ1) is 17.2. The second-order valence-corrected chi connectivity index (χ2v) is 4.89. The van der Waals surface area contributed by atoms with Crippen molar-refractivity contribution in [3.05, 3.63) is 0 Å². The number of hydrogen-bond donors (Lipinski definition) is 1. The first-order valence-corrected chi connectivity index (χ1v) is 6.74. The summed E-state index contributed by atoms with van der Waals surface area (Å²) in [4.78, 5) is 14.3. The number of carbonyl (C=O) groups excluding carboxylic acids is 1. The first-order valence-electron chi connectivity index (χ1n) is 6.74. The van der Waals surface area contributed by atoms with E-state index < -0.39 is 18.3 Å². The van der Waals surface area contributed by atoms with Crippen LogP contribution in [0.4, 0.5) is 17.6 Å². The first-order chi connectivity index (χ1) is 9.34. The molecule has 0 aliphatic carbocycles. The third-order valence-corrected chi connectivity index (χ3v) is 3.65. The predicted molar refractivity (Wildman–Crippen MR) is 66.9 cm³/mol. The Kier molecular flexibility index (Phi) is 6.19. The zero-order valence-corrected chi connectivity index (χ0v) is 11.5. The van der Waals surface area contributed by atoms with Crippen LogP contribution >= 0.6 is 0 Å². The molecule has 20 heavy (non-hydrogen) atoms. The van der Waals surface area contributed by atoms with E-state index in [9.17, 15) is 22.4 Å². The van der Waals surface area contributed by atoms with E-state index >= 15 is 0 Å². The number of carbonyl (C=O) groups is 1. The average Bonchev–Trinajstić information content (AvgIpc) is 2.44. The number of halogens is 4. The molecule has 1 aliphatic heterocycles. The quantitative estimate of drug-likeness (QED) is 0.749. The molecule has 0 saturated carbocycles. The van der Waals surface area contributed by atoms with Gasteiger partial charge in [0, 0.05) is 32.2 Å². The third kappa shape index (κ3) is 3.82. The zero-order valence-electron chi connectivity index (χ0n) is 11.5. The summed E-state index contributed by atoms with van der Waals surface area (Å²) in [5, 5.41) is 0. The van der Waals surface area contributed by atoms with Gasteiger partial charge in [-0.3, -0.25) is 9.69 Å². The number of hydrogen-bond acceptors (Lipinski definition) is 3. The number of amides is 1. The van der Waals surface area contributed by atoms with Gasteiger partial charge in [-0.15, -0.1) is 0 Å². The fourth-order valence-electron chi connectivity index (χ4n) is 2.43. The van der Waals surface area contributed by atoms with Gasteiger partial charge >= 0.3 is 12.3 Å². The maximum atomic E-state index is 13.0. The second kappa shape index (κ2) is 7.21. The summed E-state index contributed by atoms with van der Waals surface area (Å²) in [5.74, 6) is -6.37. The molecule has 0 spiro atoms. The fourth-order valence-corrected chi connectivity index (χ4v) is 2.43. The summed E-state index contributed by atoms with van der Waals surface area (Å²) in [6.07, 6.45) is -2.30. The Morgan fingerprint density at radius 3 is 2.20 bits per heavy atom. The van der Waals surface area contributed by atoms with Gasteiger partial charge in [-0.2, -0.15) is 8.78 Å². The van der Waals surface area contributed by atoms with Crippen molar-refractivity contribution in [1.29, 1.82) is 0 Å². The van der Waals surface area contributed by atoms with E-state index in [0.29, 0.717) is 19.6 Å². The van der Waals surface area contributed by atoms with E-state index in [-0.39, 0.29) is 19.1 Å². The van der Waals surface area contributed by atoms with Crippen molar-refractivity contribution in [3.8, 4) is 0 Å². The van der Waals surface area contributed by atoms with Crippen molar-refractivity contribution < 1.29 is 22.4 Å². The molecule has 1 heterocycles.